The summed E-state index contributed by atoms with van der Waals surface area (Å²) < 4.78 is 36.7. The number of sulfone groups is 1. The van der Waals surface area contributed by atoms with E-state index in [-0.39, 0.29) is 35.2 Å². The van der Waals surface area contributed by atoms with Gasteiger partial charge in [0.15, 0.2) is 15.8 Å². The van der Waals surface area contributed by atoms with Crippen LogP contribution in [-0.4, -0.2) is 33.7 Å². The van der Waals surface area contributed by atoms with Crippen molar-refractivity contribution in [2.45, 2.75) is 43.5 Å². The van der Waals surface area contributed by atoms with Gasteiger partial charge in [-0.1, -0.05) is 24.3 Å². The smallest absolute Gasteiger partial charge is 0.191 e. The second kappa shape index (κ2) is 10.1. The van der Waals surface area contributed by atoms with E-state index in [0.717, 1.165) is 42.6 Å². The second-order valence-corrected chi connectivity index (χ2v) is 9.69. The Bertz CT molecular complexity index is 1000. The summed E-state index contributed by atoms with van der Waals surface area (Å²) in [6.07, 6.45) is 3.35. The van der Waals surface area contributed by atoms with Crippen molar-refractivity contribution < 1.29 is 12.8 Å². The molecule has 30 heavy (non-hydrogen) atoms. The molecular weight excluding hydrogens is 516 g/mol. The number of hydrogen-bond donors (Lipinski definition) is 2. The lowest BCUT2D eigenvalue weighted by Gasteiger charge is -2.19. The largest absolute Gasteiger partial charge is 0.357 e. The van der Waals surface area contributed by atoms with E-state index < -0.39 is 9.84 Å². The Kier molecular flexibility index (Phi) is 8.27. The van der Waals surface area contributed by atoms with Crippen molar-refractivity contribution in [2.75, 3.05) is 19.3 Å². The molecule has 1 aliphatic rings. The molecule has 0 atom stereocenters. The van der Waals surface area contributed by atoms with Gasteiger partial charge in [0.1, 0.15) is 5.82 Å². The van der Waals surface area contributed by atoms with Gasteiger partial charge < -0.3 is 10.6 Å². The summed E-state index contributed by atoms with van der Waals surface area (Å²) in [6.45, 7) is 5.73. The van der Waals surface area contributed by atoms with Crippen LogP contribution in [0.1, 0.15) is 36.5 Å². The second-order valence-electron chi connectivity index (χ2n) is 7.71. The lowest BCUT2D eigenvalue weighted by molar-refractivity contribution is 0.601. The molecule has 2 aromatic rings. The van der Waals surface area contributed by atoms with E-state index in [9.17, 15) is 12.8 Å². The van der Waals surface area contributed by atoms with E-state index in [1.807, 2.05) is 25.1 Å². The van der Waals surface area contributed by atoms with Crippen LogP contribution in [0.15, 0.2) is 52.4 Å². The number of guanidine groups is 1. The molecule has 1 aliphatic carbocycles. The molecule has 0 heterocycles. The van der Waals surface area contributed by atoms with E-state index in [0.29, 0.717) is 17.4 Å². The Morgan fingerprint density at radius 2 is 1.80 bits per heavy atom. The van der Waals surface area contributed by atoms with E-state index in [1.165, 1.54) is 18.4 Å². The number of aliphatic imine (C=N–C) groups is 1. The number of aryl methyl sites for hydroxylation is 1. The van der Waals surface area contributed by atoms with Crippen LogP contribution in [0.2, 0.25) is 0 Å². The molecule has 0 spiro atoms. The van der Waals surface area contributed by atoms with Gasteiger partial charge in [0.2, 0.25) is 0 Å². The van der Waals surface area contributed by atoms with Crippen LogP contribution in [0.25, 0.3) is 0 Å². The van der Waals surface area contributed by atoms with E-state index in [2.05, 4.69) is 15.6 Å². The monoisotopic (exact) mass is 545 g/mol. The third-order valence-electron chi connectivity index (χ3n) is 5.31. The van der Waals surface area contributed by atoms with Gasteiger partial charge in [0.25, 0.3) is 0 Å². The lowest BCUT2D eigenvalue weighted by Crippen LogP contribution is -2.41. The minimum Gasteiger partial charge on any atom is -0.357 e. The van der Waals surface area contributed by atoms with Gasteiger partial charge in [-0.2, -0.15) is 0 Å². The quantitative estimate of drug-likeness (QED) is 0.314. The predicted octanol–water partition coefficient (Wildman–Crippen LogP) is 3.94. The molecule has 0 bridgehead atoms. The summed E-state index contributed by atoms with van der Waals surface area (Å²) in [5.41, 5.74) is 2.87. The van der Waals surface area contributed by atoms with Gasteiger partial charge in [0.05, 0.1) is 11.4 Å². The summed E-state index contributed by atoms with van der Waals surface area (Å²) in [4.78, 5) is 4.99. The van der Waals surface area contributed by atoms with Gasteiger partial charge in [-0.05, 0) is 61.6 Å². The molecule has 0 amide bonds. The standard InChI is InChI=1S/C22H28FN3O2S.HI/c1-4-24-21(25-14-17-5-10-20(16(2)13-17)29(3,27)28)26-15-22(11-12-22)18-6-8-19(23)9-7-18;/h5-10,13H,4,11-12,14-15H2,1-3H3,(H2,24,25,26);1H. The van der Waals surface area contributed by atoms with Gasteiger partial charge in [0, 0.05) is 24.8 Å². The van der Waals surface area contributed by atoms with E-state index in [1.54, 1.807) is 19.1 Å². The van der Waals surface area contributed by atoms with Crippen molar-refractivity contribution in [3.8, 4) is 0 Å². The maximum atomic E-state index is 13.2. The first-order valence-electron chi connectivity index (χ1n) is 9.81. The molecule has 5 nitrogen and oxygen atoms in total. The Morgan fingerprint density at radius 1 is 1.13 bits per heavy atom. The molecule has 2 aromatic carbocycles. The molecule has 0 aromatic heterocycles. The normalized spacial score (nSPS) is 15.3. The van der Waals surface area contributed by atoms with Crippen LogP contribution < -0.4 is 10.6 Å². The predicted molar refractivity (Wildman–Crippen MR) is 130 cm³/mol. The van der Waals surface area contributed by atoms with Crippen LogP contribution in [0.5, 0.6) is 0 Å². The number of halogens is 2. The Labute approximate surface area is 195 Å². The van der Waals surface area contributed by atoms with Crippen molar-refractivity contribution in [3.63, 3.8) is 0 Å². The third kappa shape index (κ3) is 6.16. The van der Waals surface area contributed by atoms with Crippen LogP contribution in [0.3, 0.4) is 0 Å². The van der Waals surface area contributed by atoms with Crippen LogP contribution >= 0.6 is 24.0 Å². The highest BCUT2D eigenvalue weighted by atomic mass is 127. The summed E-state index contributed by atoms with van der Waals surface area (Å²) in [5, 5.41) is 6.65. The summed E-state index contributed by atoms with van der Waals surface area (Å²) >= 11 is 0. The first-order valence-corrected chi connectivity index (χ1v) is 11.7. The highest BCUT2D eigenvalue weighted by molar-refractivity contribution is 14.0. The third-order valence-corrected chi connectivity index (χ3v) is 6.56. The number of benzene rings is 2. The van der Waals surface area contributed by atoms with Crippen molar-refractivity contribution in [2.24, 2.45) is 4.99 Å². The molecule has 164 valence electrons. The van der Waals surface area contributed by atoms with Gasteiger partial charge in [-0.3, -0.25) is 0 Å². The summed E-state index contributed by atoms with van der Waals surface area (Å²) in [6, 6.07) is 12.1. The number of nitrogens with one attached hydrogen (secondary N) is 2. The fourth-order valence-corrected chi connectivity index (χ4v) is 4.47. The van der Waals surface area contributed by atoms with Crippen molar-refractivity contribution in [1.82, 2.24) is 10.6 Å². The van der Waals surface area contributed by atoms with Crippen LogP contribution in [0, 0.1) is 12.7 Å². The molecule has 0 radical (unpaired) electrons. The fourth-order valence-electron chi connectivity index (χ4n) is 3.51. The number of rotatable bonds is 7. The SMILES string of the molecule is CCNC(=NCc1ccc(S(C)(=O)=O)c(C)c1)NCC1(c2ccc(F)cc2)CC1.I. The molecule has 0 saturated heterocycles. The minimum atomic E-state index is -3.22. The summed E-state index contributed by atoms with van der Waals surface area (Å²) in [7, 11) is -3.22. The van der Waals surface area contributed by atoms with Crippen molar-refractivity contribution >= 4 is 39.8 Å². The zero-order valence-electron chi connectivity index (χ0n) is 17.5. The molecule has 2 N–H and O–H groups in total. The molecule has 0 unspecified atom stereocenters. The molecule has 8 heteroatoms. The van der Waals surface area contributed by atoms with Crippen LogP contribution in [0.4, 0.5) is 4.39 Å². The van der Waals surface area contributed by atoms with E-state index in [4.69, 9.17) is 0 Å². The fraction of sp³-hybridized carbons (Fsp3) is 0.409. The first kappa shape index (κ1) is 24.6. The minimum absolute atomic E-state index is 0. The Hall–Kier alpha value is -1.68. The van der Waals surface area contributed by atoms with E-state index >= 15 is 0 Å². The maximum absolute atomic E-state index is 13.2. The average molecular weight is 545 g/mol. The number of hydrogen-bond acceptors (Lipinski definition) is 3. The molecule has 3 rings (SSSR count). The van der Waals surface area contributed by atoms with Crippen molar-refractivity contribution in [1.29, 1.82) is 0 Å². The highest BCUT2D eigenvalue weighted by Gasteiger charge is 2.44. The average Bonchev–Trinajstić information content (AvgIpc) is 3.44. The van der Waals surface area contributed by atoms with Gasteiger partial charge >= 0.3 is 0 Å². The zero-order chi connectivity index (χ0) is 21.1. The molecule has 0 aliphatic heterocycles. The topological polar surface area (TPSA) is 70.6 Å². The Balaban J connectivity index is 0.00000320. The maximum Gasteiger partial charge on any atom is 0.191 e. The molecule has 1 fully saturated rings. The lowest BCUT2D eigenvalue weighted by atomic mass is 9.96. The van der Waals surface area contributed by atoms with Crippen molar-refractivity contribution in [3.05, 3.63) is 65.0 Å². The van der Waals surface area contributed by atoms with Crippen LogP contribution in [-0.2, 0) is 21.8 Å². The van der Waals surface area contributed by atoms with Gasteiger partial charge in [-0.15, -0.1) is 24.0 Å². The molecule has 1 saturated carbocycles. The number of nitrogens with zero attached hydrogens (tertiary/aromatic N) is 1. The first-order chi connectivity index (χ1) is 13.7. The zero-order valence-corrected chi connectivity index (χ0v) is 20.7. The highest BCUT2D eigenvalue weighted by Crippen LogP contribution is 2.47. The Morgan fingerprint density at radius 3 is 2.33 bits per heavy atom. The van der Waals surface area contributed by atoms with Gasteiger partial charge in [-0.25, -0.2) is 17.8 Å². The molecular formula is C22H29FIN3O2S. The summed E-state index contributed by atoms with van der Waals surface area (Å²) in [5.74, 6) is 0.496.